The molecule has 5 nitrogen and oxygen atoms in total. The molecule has 1 rings (SSSR count). The number of nitrogens with two attached hydrogens (primary N) is 1. The summed E-state index contributed by atoms with van der Waals surface area (Å²) in [4.78, 5) is 11.5. The fourth-order valence-electron chi connectivity index (χ4n) is 1.43. The predicted octanol–water partition coefficient (Wildman–Crippen LogP) is 1.62. The Bertz CT molecular complexity index is 384. The molecule has 0 aliphatic rings. The Morgan fingerprint density at radius 2 is 2.05 bits per heavy atom. The van der Waals surface area contributed by atoms with Crippen LogP contribution in [0.15, 0.2) is 24.3 Å². The summed E-state index contributed by atoms with van der Waals surface area (Å²) < 4.78 is 10.5. The van der Waals surface area contributed by atoms with E-state index in [2.05, 4.69) is 5.32 Å². The molecule has 114 valence electrons. The van der Waals surface area contributed by atoms with Crippen LogP contribution in [0.25, 0.3) is 0 Å². The molecule has 0 fully saturated rings. The molecular formula is C13H20Cl2N2O3. The third-order valence-corrected chi connectivity index (χ3v) is 2.77. The summed E-state index contributed by atoms with van der Waals surface area (Å²) in [5.41, 5.74) is 5.43. The van der Waals surface area contributed by atoms with Crippen molar-refractivity contribution in [2.45, 2.75) is 12.5 Å². The van der Waals surface area contributed by atoms with Gasteiger partial charge < -0.3 is 20.5 Å². The van der Waals surface area contributed by atoms with Crippen LogP contribution in [-0.2, 0) is 9.53 Å². The number of ether oxygens (including phenoxy) is 2. The van der Waals surface area contributed by atoms with E-state index in [0.29, 0.717) is 24.7 Å². The van der Waals surface area contributed by atoms with Crippen molar-refractivity contribution in [3.63, 3.8) is 0 Å². The number of methoxy groups -OCH3 is 1. The van der Waals surface area contributed by atoms with Crippen LogP contribution in [0.3, 0.4) is 0 Å². The molecule has 20 heavy (non-hydrogen) atoms. The molecule has 0 heterocycles. The summed E-state index contributed by atoms with van der Waals surface area (Å²) in [7, 11) is 1.54. The first-order chi connectivity index (χ1) is 9.15. The molecular weight excluding hydrogens is 303 g/mol. The Kier molecular flexibility index (Phi) is 10.2. The van der Waals surface area contributed by atoms with Gasteiger partial charge in [0.2, 0.25) is 5.91 Å². The van der Waals surface area contributed by atoms with E-state index in [1.807, 2.05) is 0 Å². The van der Waals surface area contributed by atoms with Crippen LogP contribution in [-0.4, -0.2) is 38.8 Å². The van der Waals surface area contributed by atoms with Gasteiger partial charge in [-0.1, -0.05) is 11.6 Å². The second kappa shape index (κ2) is 10.7. The van der Waals surface area contributed by atoms with Crippen molar-refractivity contribution in [1.82, 2.24) is 5.32 Å². The van der Waals surface area contributed by atoms with Crippen molar-refractivity contribution in [3.05, 3.63) is 29.3 Å². The molecule has 1 atom stereocenters. The Labute approximate surface area is 130 Å². The molecule has 0 spiro atoms. The standard InChI is InChI=1S/C13H19ClN2O3.ClH/c1-18-12(9-15)8-13(17)16-6-7-19-11-4-2-10(14)3-5-11;/h2-5,12H,6-9,15H2,1H3,(H,16,17);1H. The summed E-state index contributed by atoms with van der Waals surface area (Å²) in [6, 6.07) is 7.05. The summed E-state index contributed by atoms with van der Waals surface area (Å²) in [5, 5.41) is 3.40. The number of amides is 1. The molecule has 1 amide bonds. The maximum Gasteiger partial charge on any atom is 0.222 e. The minimum Gasteiger partial charge on any atom is -0.492 e. The van der Waals surface area contributed by atoms with Crippen LogP contribution < -0.4 is 15.8 Å². The molecule has 0 bridgehead atoms. The third kappa shape index (κ3) is 7.55. The zero-order valence-corrected chi connectivity index (χ0v) is 12.9. The molecule has 3 N–H and O–H groups in total. The molecule has 0 aromatic heterocycles. The van der Waals surface area contributed by atoms with Crippen molar-refractivity contribution in [2.75, 3.05) is 26.8 Å². The van der Waals surface area contributed by atoms with Crippen molar-refractivity contribution in [1.29, 1.82) is 0 Å². The second-order valence-electron chi connectivity index (χ2n) is 3.95. The summed E-state index contributed by atoms with van der Waals surface area (Å²) >= 11 is 5.76. The minimum atomic E-state index is -0.239. The first-order valence-electron chi connectivity index (χ1n) is 6.03. The van der Waals surface area contributed by atoms with E-state index in [-0.39, 0.29) is 30.8 Å². The maximum atomic E-state index is 11.5. The molecule has 0 aliphatic heterocycles. The van der Waals surface area contributed by atoms with Crippen molar-refractivity contribution >= 4 is 29.9 Å². The normalized spacial score (nSPS) is 11.3. The first-order valence-corrected chi connectivity index (χ1v) is 6.41. The monoisotopic (exact) mass is 322 g/mol. The Balaban J connectivity index is 0.00000361. The van der Waals surface area contributed by atoms with E-state index in [0.717, 1.165) is 5.75 Å². The van der Waals surface area contributed by atoms with Gasteiger partial charge in [-0.05, 0) is 24.3 Å². The van der Waals surface area contributed by atoms with Crippen LogP contribution in [0, 0.1) is 0 Å². The predicted molar refractivity (Wildman–Crippen MR) is 81.7 cm³/mol. The Morgan fingerprint density at radius 1 is 1.40 bits per heavy atom. The van der Waals surface area contributed by atoms with Gasteiger partial charge in [-0.15, -0.1) is 12.4 Å². The van der Waals surface area contributed by atoms with Crippen LogP contribution in [0.4, 0.5) is 0 Å². The van der Waals surface area contributed by atoms with Crippen LogP contribution in [0.5, 0.6) is 5.75 Å². The lowest BCUT2D eigenvalue weighted by atomic mass is 10.2. The minimum absolute atomic E-state index is 0. The van der Waals surface area contributed by atoms with E-state index in [9.17, 15) is 4.79 Å². The molecule has 0 aliphatic carbocycles. The molecule has 0 saturated heterocycles. The highest BCUT2D eigenvalue weighted by atomic mass is 35.5. The highest BCUT2D eigenvalue weighted by Crippen LogP contribution is 2.15. The van der Waals surface area contributed by atoms with Crippen LogP contribution in [0.1, 0.15) is 6.42 Å². The quantitative estimate of drug-likeness (QED) is 0.713. The first kappa shape index (κ1) is 19.0. The molecule has 1 unspecified atom stereocenters. The highest BCUT2D eigenvalue weighted by molar-refractivity contribution is 6.30. The molecule has 7 heteroatoms. The number of carbonyl (C=O) groups is 1. The number of hydrogen-bond donors (Lipinski definition) is 2. The average Bonchev–Trinajstić information content (AvgIpc) is 2.43. The maximum absolute atomic E-state index is 11.5. The SMILES string of the molecule is COC(CN)CC(=O)NCCOc1ccc(Cl)cc1.Cl. The average molecular weight is 323 g/mol. The van der Waals surface area contributed by atoms with Crippen LogP contribution >= 0.6 is 24.0 Å². The number of hydrogen-bond acceptors (Lipinski definition) is 4. The number of benzene rings is 1. The lowest BCUT2D eigenvalue weighted by Gasteiger charge is -2.12. The van der Waals surface area contributed by atoms with E-state index >= 15 is 0 Å². The van der Waals surface area contributed by atoms with Gasteiger partial charge in [-0.3, -0.25) is 4.79 Å². The van der Waals surface area contributed by atoms with Gasteiger partial charge in [-0.25, -0.2) is 0 Å². The topological polar surface area (TPSA) is 73.6 Å². The Hall–Kier alpha value is -1.01. The highest BCUT2D eigenvalue weighted by Gasteiger charge is 2.10. The van der Waals surface area contributed by atoms with Crippen molar-refractivity contribution < 1.29 is 14.3 Å². The van der Waals surface area contributed by atoms with Gasteiger partial charge in [0.1, 0.15) is 12.4 Å². The third-order valence-electron chi connectivity index (χ3n) is 2.52. The smallest absolute Gasteiger partial charge is 0.222 e. The van der Waals surface area contributed by atoms with E-state index in [1.165, 1.54) is 7.11 Å². The van der Waals surface area contributed by atoms with E-state index < -0.39 is 0 Å². The van der Waals surface area contributed by atoms with Gasteiger partial charge >= 0.3 is 0 Å². The number of halogens is 2. The van der Waals surface area contributed by atoms with E-state index in [1.54, 1.807) is 24.3 Å². The number of nitrogens with one attached hydrogen (secondary N) is 1. The molecule has 0 radical (unpaired) electrons. The van der Waals surface area contributed by atoms with Gasteiger partial charge in [0.15, 0.2) is 0 Å². The van der Waals surface area contributed by atoms with Gasteiger partial charge in [-0.2, -0.15) is 0 Å². The zero-order valence-electron chi connectivity index (χ0n) is 11.3. The molecule has 0 saturated carbocycles. The summed E-state index contributed by atoms with van der Waals surface area (Å²) in [6.45, 7) is 1.15. The largest absolute Gasteiger partial charge is 0.492 e. The fraction of sp³-hybridized carbons (Fsp3) is 0.462. The number of carbonyl (C=O) groups excluding carboxylic acids is 1. The molecule has 1 aromatic carbocycles. The lowest BCUT2D eigenvalue weighted by Crippen LogP contribution is -2.34. The van der Waals surface area contributed by atoms with E-state index in [4.69, 9.17) is 26.8 Å². The fourth-order valence-corrected chi connectivity index (χ4v) is 1.56. The molecule has 1 aromatic rings. The van der Waals surface area contributed by atoms with Crippen molar-refractivity contribution in [3.8, 4) is 5.75 Å². The Morgan fingerprint density at radius 3 is 2.60 bits per heavy atom. The number of rotatable bonds is 8. The second-order valence-corrected chi connectivity index (χ2v) is 4.39. The summed E-state index contributed by atoms with van der Waals surface area (Å²) in [5.74, 6) is 0.618. The van der Waals surface area contributed by atoms with Gasteiger partial charge in [0.05, 0.1) is 19.1 Å². The van der Waals surface area contributed by atoms with Gasteiger partial charge in [0.25, 0.3) is 0 Å². The lowest BCUT2D eigenvalue weighted by molar-refractivity contribution is -0.123. The summed E-state index contributed by atoms with van der Waals surface area (Å²) in [6.07, 6.45) is 0.0192. The van der Waals surface area contributed by atoms with Gasteiger partial charge in [0, 0.05) is 18.7 Å². The van der Waals surface area contributed by atoms with Crippen molar-refractivity contribution in [2.24, 2.45) is 5.73 Å². The zero-order chi connectivity index (χ0) is 14.1. The van der Waals surface area contributed by atoms with Crippen LogP contribution in [0.2, 0.25) is 5.02 Å².